The van der Waals surface area contributed by atoms with Crippen LogP contribution >= 0.6 is 23.1 Å². The van der Waals surface area contributed by atoms with Crippen LogP contribution in [0.2, 0.25) is 0 Å². The Kier molecular flexibility index (Phi) is 5.96. The van der Waals surface area contributed by atoms with Crippen molar-refractivity contribution in [3.05, 3.63) is 86.6 Å². The number of halogens is 1. The van der Waals surface area contributed by atoms with Gasteiger partial charge in [0.25, 0.3) is 5.56 Å². The fourth-order valence-corrected chi connectivity index (χ4v) is 4.42. The van der Waals surface area contributed by atoms with Crippen LogP contribution in [-0.4, -0.2) is 21.2 Å². The number of aryl methyl sites for hydroxylation is 1. The molecule has 2 aromatic carbocycles. The minimum atomic E-state index is -0.405. The van der Waals surface area contributed by atoms with Crippen LogP contribution in [0.3, 0.4) is 0 Å². The smallest absolute Gasteiger partial charge is 0.266 e. The number of fused-ring (bicyclic) bond motifs is 1. The summed E-state index contributed by atoms with van der Waals surface area (Å²) in [4.78, 5) is 31.1. The molecule has 152 valence electrons. The van der Waals surface area contributed by atoms with Crippen LogP contribution in [0.25, 0.3) is 16.6 Å². The van der Waals surface area contributed by atoms with E-state index in [1.54, 1.807) is 54.7 Å². The number of aromatic nitrogens is 2. The highest BCUT2D eigenvalue weighted by Gasteiger charge is 2.15. The van der Waals surface area contributed by atoms with Gasteiger partial charge < -0.3 is 5.32 Å². The molecule has 1 amide bonds. The van der Waals surface area contributed by atoms with Crippen molar-refractivity contribution < 1.29 is 9.18 Å². The number of nitrogens with zero attached hydrogens (tertiary/aromatic N) is 2. The average Bonchev–Trinajstić information content (AvgIpc) is 3.27. The van der Waals surface area contributed by atoms with Crippen LogP contribution in [0.15, 0.2) is 69.9 Å². The van der Waals surface area contributed by atoms with Crippen LogP contribution in [-0.2, 0) is 11.3 Å². The molecular formula is C22H18FN3O2S2. The lowest BCUT2D eigenvalue weighted by Gasteiger charge is -2.14. The number of para-hydroxylation sites is 1. The highest BCUT2D eigenvalue weighted by atomic mass is 32.2. The van der Waals surface area contributed by atoms with Gasteiger partial charge in [-0.15, -0.1) is 11.3 Å². The first-order chi connectivity index (χ1) is 14.5. The Morgan fingerprint density at radius 2 is 2.03 bits per heavy atom. The van der Waals surface area contributed by atoms with E-state index in [4.69, 9.17) is 0 Å². The molecule has 0 aliphatic heterocycles. The van der Waals surface area contributed by atoms with Gasteiger partial charge in [-0.2, -0.15) is 0 Å². The Bertz CT molecular complexity index is 1270. The molecule has 0 saturated heterocycles. The summed E-state index contributed by atoms with van der Waals surface area (Å²) >= 11 is 2.72. The van der Waals surface area contributed by atoms with Crippen molar-refractivity contribution in [2.75, 3.05) is 5.75 Å². The van der Waals surface area contributed by atoms with Crippen LogP contribution in [0.5, 0.6) is 0 Å². The number of nitrogens with one attached hydrogen (secondary N) is 1. The SMILES string of the molecule is Cc1ccc(-n2c(SCC(=O)NCc3cccs3)nc3ccccc3c2=O)cc1F. The molecule has 0 spiro atoms. The molecule has 0 aliphatic carbocycles. The standard InChI is InChI=1S/C22H18FN3O2S2/c1-14-8-9-15(11-18(14)23)26-21(28)17-6-2-3-7-19(17)25-22(26)30-13-20(27)24-12-16-5-4-10-29-16/h2-11H,12-13H2,1H3,(H,24,27). The third-order valence-corrected chi connectivity index (χ3v) is 6.35. The topological polar surface area (TPSA) is 64.0 Å². The first kappa shape index (κ1) is 20.3. The molecule has 30 heavy (non-hydrogen) atoms. The van der Waals surface area contributed by atoms with Crippen molar-refractivity contribution in [1.29, 1.82) is 0 Å². The average molecular weight is 440 g/mol. The van der Waals surface area contributed by atoms with E-state index in [0.29, 0.717) is 33.9 Å². The molecule has 5 nitrogen and oxygen atoms in total. The molecule has 2 aromatic heterocycles. The summed E-state index contributed by atoms with van der Waals surface area (Å²) in [6.07, 6.45) is 0. The van der Waals surface area contributed by atoms with Gasteiger partial charge >= 0.3 is 0 Å². The van der Waals surface area contributed by atoms with E-state index in [9.17, 15) is 14.0 Å². The molecule has 0 aliphatic rings. The van der Waals surface area contributed by atoms with Gasteiger partial charge in [-0.05, 0) is 48.2 Å². The summed E-state index contributed by atoms with van der Waals surface area (Å²) in [6.45, 7) is 2.12. The predicted molar refractivity (Wildman–Crippen MR) is 119 cm³/mol. The van der Waals surface area contributed by atoms with Gasteiger partial charge in [0.15, 0.2) is 5.16 Å². The lowest BCUT2D eigenvalue weighted by Crippen LogP contribution is -2.26. The Balaban J connectivity index is 1.66. The first-order valence-electron chi connectivity index (χ1n) is 9.23. The van der Waals surface area contributed by atoms with Gasteiger partial charge in [-0.3, -0.25) is 14.2 Å². The highest BCUT2D eigenvalue weighted by molar-refractivity contribution is 7.99. The Hall–Kier alpha value is -2.97. The van der Waals surface area contributed by atoms with Crippen molar-refractivity contribution in [2.45, 2.75) is 18.6 Å². The molecular weight excluding hydrogens is 421 g/mol. The number of amides is 1. The van der Waals surface area contributed by atoms with Gasteiger partial charge in [0.2, 0.25) is 5.91 Å². The second kappa shape index (κ2) is 8.81. The third kappa shape index (κ3) is 4.29. The minimum Gasteiger partial charge on any atom is -0.350 e. The number of benzene rings is 2. The lowest BCUT2D eigenvalue weighted by atomic mass is 10.2. The maximum Gasteiger partial charge on any atom is 0.266 e. The Morgan fingerprint density at radius 3 is 2.80 bits per heavy atom. The molecule has 4 aromatic rings. The maximum atomic E-state index is 14.2. The third-order valence-electron chi connectivity index (χ3n) is 4.53. The summed E-state index contributed by atoms with van der Waals surface area (Å²) in [5, 5.41) is 5.59. The van der Waals surface area contributed by atoms with E-state index in [2.05, 4.69) is 10.3 Å². The molecule has 0 fully saturated rings. The summed E-state index contributed by atoms with van der Waals surface area (Å²) in [5.41, 5.74) is 1.10. The van der Waals surface area contributed by atoms with Gasteiger partial charge in [0.1, 0.15) is 5.82 Å². The largest absolute Gasteiger partial charge is 0.350 e. The fraction of sp³-hybridized carbons (Fsp3) is 0.136. The monoisotopic (exact) mass is 439 g/mol. The molecule has 0 radical (unpaired) electrons. The molecule has 0 bridgehead atoms. The number of thioether (sulfide) groups is 1. The zero-order valence-electron chi connectivity index (χ0n) is 16.1. The number of hydrogen-bond donors (Lipinski definition) is 1. The number of carbonyl (C=O) groups is 1. The van der Waals surface area contributed by atoms with Crippen LogP contribution < -0.4 is 10.9 Å². The van der Waals surface area contributed by atoms with E-state index >= 15 is 0 Å². The van der Waals surface area contributed by atoms with Crippen LogP contribution in [0.4, 0.5) is 4.39 Å². The summed E-state index contributed by atoms with van der Waals surface area (Å²) < 4.78 is 15.5. The van der Waals surface area contributed by atoms with Gasteiger partial charge in [0, 0.05) is 4.88 Å². The number of carbonyl (C=O) groups excluding carboxylic acids is 1. The number of hydrogen-bond acceptors (Lipinski definition) is 5. The van der Waals surface area contributed by atoms with E-state index in [0.717, 1.165) is 16.6 Å². The quantitative estimate of drug-likeness (QED) is 0.359. The number of thiophene rings is 1. The molecule has 1 N–H and O–H groups in total. The van der Waals surface area contributed by atoms with Gasteiger partial charge in [0.05, 0.1) is 28.9 Å². The van der Waals surface area contributed by atoms with Crippen molar-refractivity contribution in [1.82, 2.24) is 14.9 Å². The van der Waals surface area contributed by atoms with Crippen molar-refractivity contribution >= 4 is 39.9 Å². The van der Waals surface area contributed by atoms with E-state index < -0.39 is 5.82 Å². The predicted octanol–water partition coefficient (Wildman–Crippen LogP) is 4.30. The Morgan fingerprint density at radius 1 is 1.20 bits per heavy atom. The van der Waals surface area contributed by atoms with Crippen LogP contribution in [0.1, 0.15) is 10.4 Å². The van der Waals surface area contributed by atoms with E-state index in [-0.39, 0.29) is 17.2 Å². The van der Waals surface area contributed by atoms with E-state index in [1.165, 1.54) is 10.6 Å². The maximum absolute atomic E-state index is 14.2. The van der Waals surface area contributed by atoms with Crippen molar-refractivity contribution in [3.8, 4) is 5.69 Å². The zero-order chi connectivity index (χ0) is 21.1. The normalized spacial score (nSPS) is 11.0. The molecule has 0 saturated carbocycles. The second-order valence-corrected chi connectivity index (χ2v) is 8.61. The van der Waals surface area contributed by atoms with E-state index in [1.807, 2.05) is 17.5 Å². The lowest BCUT2D eigenvalue weighted by molar-refractivity contribution is -0.118. The van der Waals surface area contributed by atoms with Crippen molar-refractivity contribution in [2.24, 2.45) is 0 Å². The second-order valence-electron chi connectivity index (χ2n) is 6.63. The molecule has 0 atom stereocenters. The molecule has 0 unspecified atom stereocenters. The first-order valence-corrected chi connectivity index (χ1v) is 11.1. The summed E-state index contributed by atoms with van der Waals surface area (Å²) in [5.74, 6) is -0.487. The zero-order valence-corrected chi connectivity index (χ0v) is 17.7. The van der Waals surface area contributed by atoms with Crippen LogP contribution in [0, 0.1) is 12.7 Å². The van der Waals surface area contributed by atoms with Crippen molar-refractivity contribution in [3.63, 3.8) is 0 Å². The molecule has 8 heteroatoms. The highest BCUT2D eigenvalue weighted by Crippen LogP contribution is 2.22. The molecule has 2 heterocycles. The summed E-state index contributed by atoms with van der Waals surface area (Å²) in [6, 6.07) is 15.5. The number of rotatable bonds is 6. The fourth-order valence-electron chi connectivity index (χ4n) is 2.94. The minimum absolute atomic E-state index is 0.0878. The van der Waals surface area contributed by atoms with Gasteiger partial charge in [-0.25, -0.2) is 9.37 Å². The Labute approximate surface area is 180 Å². The molecule has 4 rings (SSSR count). The summed E-state index contributed by atoms with van der Waals surface area (Å²) in [7, 11) is 0. The van der Waals surface area contributed by atoms with Gasteiger partial charge in [-0.1, -0.05) is 36.0 Å².